The van der Waals surface area contributed by atoms with Gasteiger partial charge in [-0.05, 0) is 26.2 Å². The Bertz CT molecular complexity index is 719. The molecule has 0 radical (unpaired) electrons. The van der Waals surface area contributed by atoms with Gasteiger partial charge in [-0.1, -0.05) is 0 Å². The third kappa shape index (κ3) is 1.37. The van der Waals surface area contributed by atoms with E-state index in [4.69, 9.17) is 4.98 Å². The molecule has 0 atom stereocenters. The molecule has 0 spiro atoms. The van der Waals surface area contributed by atoms with Crippen LogP contribution in [0.2, 0.25) is 0 Å². The first-order valence-electron chi connectivity index (χ1n) is 6.37. The highest BCUT2D eigenvalue weighted by Crippen LogP contribution is 2.32. The van der Waals surface area contributed by atoms with E-state index in [1.807, 2.05) is 22.2 Å². The Kier molecular flexibility index (Phi) is 2.11. The van der Waals surface area contributed by atoms with Crippen LogP contribution in [-0.4, -0.2) is 19.2 Å². The van der Waals surface area contributed by atoms with Crippen LogP contribution >= 0.6 is 11.3 Å². The van der Waals surface area contributed by atoms with E-state index in [9.17, 15) is 0 Å². The van der Waals surface area contributed by atoms with Crippen molar-refractivity contribution in [3.63, 3.8) is 0 Å². The summed E-state index contributed by atoms with van der Waals surface area (Å²) in [4.78, 5) is 7.37. The number of hydrogen-bond donors (Lipinski definition) is 0. The van der Waals surface area contributed by atoms with E-state index in [0.717, 1.165) is 22.8 Å². The smallest absolute Gasteiger partial charge is 0.194 e. The van der Waals surface area contributed by atoms with Gasteiger partial charge in [-0.25, -0.2) is 4.98 Å². The van der Waals surface area contributed by atoms with Crippen LogP contribution < -0.4 is 0 Å². The minimum atomic E-state index is 0.900. The number of imidazole rings is 1. The maximum atomic E-state index is 4.72. The van der Waals surface area contributed by atoms with Gasteiger partial charge < -0.3 is 0 Å². The van der Waals surface area contributed by atoms with Crippen molar-refractivity contribution in [1.29, 1.82) is 0 Å². The average molecular weight is 258 g/mol. The molecule has 0 saturated carbocycles. The predicted molar refractivity (Wildman–Crippen MR) is 72.0 cm³/mol. The highest BCUT2D eigenvalue weighted by molar-refractivity contribution is 7.17. The summed E-state index contributed by atoms with van der Waals surface area (Å²) in [5, 5.41) is 4.31. The third-order valence-electron chi connectivity index (χ3n) is 3.57. The summed E-state index contributed by atoms with van der Waals surface area (Å²) in [6.45, 7) is 2.99. The fourth-order valence-electron chi connectivity index (χ4n) is 2.61. The number of fused-ring (bicyclic) bond motifs is 3. The van der Waals surface area contributed by atoms with Crippen LogP contribution in [0.3, 0.4) is 0 Å². The molecule has 5 heteroatoms. The molecule has 0 unspecified atom stereocenters. The van der Waals surface area contributed by atoms with E-state index in [1.54, 1.807) is 0 Å². The molecule has 0 saturated heterocycles. The summed E-state index contributed by atoms with van der Waals surface area (Å²) in [7, 11) is 0. The number of thiazole rings is 1. The van der Waals surface area contributed by atoms with Crippen LogP contribution in [0.5, 0.6) is 0 Å². The Balaban J connectivity index is 1.84. The Morgan fingerprint density at radius 3 is 3.11 bits per heavy atom. The Labute approximate surface area is 109 Å². The SMILES string of the molecule is CCn1cc(-c2cn3c4c(sc3n2)CCC4)cn1. The lowest BCUT2D eigenvalue weighted by atomic mass is 10.3. The second-order valence-corrected chi connectivity index (χ2v) is 5.75. The highest BCUT2D eigenvalue weighted by atomic mass is 32.1. The van der Waals surface area contributed by atoms with Gasteiger partial charge in [-0.2, -0.15) is 5.10 Å². The summed E-state index contributed by atoms with van der Waals surface area (Å²) in [6.07, 6.45) is 9.83. The van der Waals surface area contributed by atoms with Crippen molar-refractivity contribution in [2.75, 3.05) is 0 Å². The predicted octanol–water partition coefficient (Wildman–Crippen LogP) is 2.77. The van der Waals surface area contributed by atoms with Gasteiger partial charge in [0.15, 0.2) is 4.96 Å². The molecule has 3 heterocycles. The standard InChI is InChI=1S/C13H14N4S/c1-2-16-7-9(6-14-16)10-8-17-11-4-3-5-12(11)18-13(17)15-10/h6-8H,2-5H2,1H3. The zero-order valence-electron chi connectivity index (χ0n) is 10.3. The van der Waals surface area contributed by atoms with Gasteiger partial charge in [-0.15, -0.1) is 11.3 Å². The van der Waals surface area contributed by atoms with Gasteiger partial charge in [0.2, 0.25) is 0 Å². The Hall–Kier alpha value is -1.62. The minimum absolute atomic E-state index is 0.900. The van der Waals surface area contributed by atoms with Gasteiger partial charge in [0.1, 0.15) is 0 Å². The van der Waals surface area contributed by atoms with E-state index >= 15 is 0 Å². The Morgan fingerprint density at radius 2 is 2.28 bits per heavy atom. The van der Waals surface area contributed by atoms with E-state index in [0.29, 0.717) is 0 Å². The lowest BCUT2D eigenvalue weighted by Crippen LogP contribution is -1.91. The maximum Gasteiger partial charge on any atom is 0.194 e. The van der Waals surface area contributed by atoms with Gasteiger partial charge in [-0.3, -0.25) is 9.08 Å². The highest BCUT2D eigenvalue weighted by Gasteiger charge is 2.19. The molecule has 1 aliphatic carbocycles. The van der Waals surface area contributed by atoms with Crippen LogP contribution in [0.25, 0.3) is 16.2 Å². The molecule has 18 heavy (non-hydrogen) atoms. The Morgan fingerprint density at radius 1 is 1.33 bits per heavy atom. The van der Waals surface area contributed by atoms with Crippen molar-refractivity contribution in [2.24, 2.45) is 0 Å². The van der Waals surface area contributed by atoms with E-state index in [2.05, 4.69) is 28.8 Å². The van der Waals surface area contributed by atoms with Crippen LogP contribution in [-0.2, 0) is 19.4 Å². The second kappa shape index (κ2) is 3.68. The van der Waals surface area contributed by atoms with Crippen LogP contribution in [0.1, 0.15) is 23.9 Å². The molecule has 4 nitrogen and oxygen atoms in total. The molecule has 3 aromatic heterocycles. The number of hydrogen-bond acceptors (Lipinski definition) is 3. The third-order valence-corrected chi connectivity index (χ3v) is 4.73. The summed E-state index contributed by atoms with van der Waals surface area (Å²) < 4.78 is 4.21. The number of nitrogens with zero attached hydrogens (tertiary/aromatic N) is 4. The van der Waals surface area contributed by atoms with Crippen LogP contribution in [0.15, 0.2) is 18.6 Å². The van der Waals surface area contributed by atoms with Gasteiger partial charge in [0.05, 0.1) is 11.9 Å². The van der Waals surface area contributed by atoms with Gasteiger partial charge >= 0.3 is 0 Å². The molecule has 0 aliphatic heterocycles. The molecule has 0 aromatic carbocycles. The van der Waals surface area contributed by atoms with Gasteiger partial charge in [0, 0.05) is 35.1 Å². The monoisotopic (exact) mass is 258 g/mol. The van der Waals surface area contributed by atoms with Crippen molar-refractivity contribution in [1.82, 2.24) is 19.2 Å². The lowest BCUT2D eigenvalue weighted by Gasteiger charge is -1.91. The minimum Gasteiger partial charge on any atom is -0.294 e. The van der Waals surface area contributed by atoms with Crippen molar-refractivity contribution in [3.8, 4) is 11.3 Å². The molecular weight excluding hydrogens is 244 g/mol. The lowest BCUT2D eigenvalue weighted by molar-refractivity contribution is 0.660. The zero-order chi connectivity index (χ0) is 12.1. The fourth-order valence-corrected chi connectivity index (χ4v) is 3.80. The summed E-state index contributed by atoms with van der Waals surface area (Å²) in [6, 6.07) is 0. The molecular formula is C13H14N4S. The first kappa shape index (κ1) is 10.3. The van der Waals surface area contributed by atoms with Gasteiger partial charge in [0.25, 0.3) is 0 Å². The maximum absolute atomic E-state index is 4.72. The number of rotatable bonds is 2. The molecule has 92 valence electrons. The molecule has 0 fully saturated rings. The summed E-state index contributed by atoms with van der Waals surface area (Å²) in [5.74, 6) is 0. The van der Waals surface area contributed by atoms with E-state index in [1.165, 1.54) is 29.8 Å². The molecule has 4 rings (SSSR count). The summed E-state index contributed by atoms with van der Waals surface area (Å²) in [5.41, 5.74) is 3.62. The number of aromatic nitrogens is 4. The largest absolute Gasteiger partial charge is 0.294 e. The summed E-state index contributed by atoms with van der Waals surface area (Å²) >= 11 is 1.84. The molecule has 3 aromatic rings. The van der Waals surface area contributed by atoms with Crippen molar-refractivity contribution in [3.05, 3.63) is 29.2 Å². The van der Waals surface area contributed by atoms with Crippen LogP contribution in [0.4, 0.5) is 0 Å². The normalized spacial score (nSPS) is 14.5. The van der Waals surface area contributed by atoms with Crippen molar-refractivity contribution in [2.45, 2.75) is 32.7 Å². The quantitative estimate of drug-likeness (QED) is 0.708. The molecule has 0 amide bonds. The second-order valence-electron chi connectivity index (χ2n) is 4.69. The first-order valence-corrected chi connectivity index (χ1v) is 7.19. The van der Waals surface area contributed by atoms with Crippen molar-refractivity contribution >= 4 is 16.3 Å². The number of aryl methyl sites for hydroxylation is 3. The molecule has 1 aliphatic rings. The average Bonchev–Trinajstić information content (AvgIpc) is 3.08. The van der Waals surface area contributed by atoms with E-state index in [-0.39, 0.29) is 0 Å². The molecule has 0 N–H and O–H groups in total. The first-order chi connectivity index (χ1) is 8.85. The molecule has 0 bridgehead atoms. The van der Waals surface area contributed by atoms with E-state index < -0.39 is 0 Å². The topological polar surface area (TPSA) is 35.1 Å². The van der Waals surface area contributed by atoms with Crippen molar-refractivity contribution < 1.29 is 0 Å². The van der Waals surface area contributed by atoms with Crippen LogP contribution in [0, 0.1) is 0 Å². The fraction of sp³-hybridized carbons (Fsp3) is 0.385. The zero-order valence-corrected chi connectivity index (χ0v) is 11.1.